The first-order chi connectivity index (χ1) is 31.7. The average molecular weight is 933 g/mol. The lowest BCUT2D eigenvalue weighted by Gasteiger charge is -2.19. The van der Waals surface area contributed by atoms with Crippen molar-refractivity contribution in [2.45, 2.75) is 342 Å². The van der Waals surface area contributed by atoms with Crippen LogP contribution in [-0.4, -0.2) is 24.1 Å². The van der Waals surface area contributed by atoms with E-state index < -0.39 is 0 Å². The van der Waals surface area contributed by atoms with Gasteiger partial charge in [0.15, 0.2) is 0 Å². The highest BCUT2D eigenvalue weighted by atomic mass is 33.1. The number of hydrogen-bond acceptors (Lipinski definition) is 3. The van der Waals surface area contributed by atoms with Crippen LogP contribution in [0.5, 0.6) is 0 Å². The van der Waals surface area contributed by atoms with Gasteiger partial charge >= 0.3 is 0 Å². The lowest BCUT2D eigenvalue weighted by atomic mass is 9.90. The van der Waals surface area contributed by atoms with E-state index in [0.29, 0.717) is 0 Å². The molecule has 382 valence electrons. The lowest BCUT2D eigenvalue weighted by molar-refractivity contribution is 0.377. The zero-order chi connectivity index (χ0) is 45.6. The molecule has 0 bridgehead atoms. The number of rotatable bonds is 55. The Morgan fingerprint density at radius 2 is 0.594 bits per heavy atom. The zero-order valence-corrected chi connectivity index (χ0v) is 46.5. The number of unbranched alkanes of at least 4 members (excludes halogenated alkanes) is 30. The third kappa shape index (κ3) is 39.5. The molecule has 6 unspecified atom stereocenters. The average Bonchev–Trinajstić information content (AvgIpc) is 4.24. The van der Waals surface area contributed by atoms with Gasteiger partial charge in [0.2, 0.25) is 0 Å². The zero-order valence-electron chi connectivity index (χ0n) is 44.8. The second kappa shape index (κ2) is 47.3. The number of nitrogens with one attached hydrogen (secondary N) is 1. The monoisotopic (exact) mass is 932 g/mol. The van der Waals surface area contributed by atoms with Gasteiger partial charge < -0.3 is 5.32 Å². The molecule has 6 atom stereocenters. The van der Waals surface area contributed by atoms with E-state index in [4.69, 9.17) is 0 Å². The summed E-state index contributed by atoms with van der Waals surface area (Å²) in [4.78, 5) is 0. The van der Waals surface area contributed by atoms with E-state index in [1.54, 1.807) is 38.5 Å². The van der Waals surface area contributed by atoms with E-state index >= 15 is 0 Å². The lowest BCUT2D eigenvalue weighted by Crippen LogP contribution is -2.31. The molecule has 0 aromatic heterocycles. The van der Waals surface area contributed by atoms with Crippen molar-refractivity contribution in [3.05, 3.63) is 0 Å². The molecule has 0 amide bonds. The van der Waals surface area contributed by atoms with Crippen molar-refractivity contribution in [3.63, 3.8) is 0 Å². The van der Waals surface area contributed by atoms with Crippen molar-refractivity contribution in [3.8, 4) is 0 Å². The summed E-state index contributed by atoms with van der Waals surface area (Å²) < 4.78 is 0. The van der Waals surface area contributed by atoms with E-state index in [1.165, 1.54) is 288 Å². The topological polar surface area (TPSA) is 12.0 Å². The maximum absolute atomic E-state index is 4.08. The largest absolute Gasteiger partial charge is 0.313 e. The standard InChI is InChI=1S/C61H121NS2/c1-5-9-13-17-21-25-33-42-56(43-34-26-23-29-37-47-59-54-57(59)45-35-27-19-15-11-7-3)44-41-52-63-64-53-51-62-61(49-39-31-22-18-14-10-6-2)50-40-32-24-30-38-48-60-55-58(60)46-36-28-20-16-12-8-4/h56-62H,5-55H2,1-4H3. The van der Waals surface area contributed by atoms with Crippen LogP contribution in [0.25, 0.3) is 0 Å². The van der Waals surface area contributed by atoms with Gasteiger partial charge in [-0.1, -0.05) is 319 Å². The molecule has 0 spiro atoms. The summed E-state index contributed by atoms with van der Waals surface area (Å²) in [7, 11) is 4.36. The van der Waals surface area contributed by atoms with Crippen LogP contribution in [0, 0.1) is 29.6 Å². The molecule has 1 N–H and O–H groups in total. The first-order valence-corrected chi connectivity index (χ1v) is 33.2. The molecule has 64 heavy (non-hydrogen) atoms. The Morgan fingerprint density at radius 3 is 0.953 bits per heavy atom. The summed E-state index contributed by atoms with van der Waals surface area (Å²) in [6.45, 7) is 10.6. The smallest absolute Gasteiger partial charge is 0.0162 e. The van der Waals surface area contributed by atoms with E-state index in [9.17, 15) is 0 Å². The Morgan fingerprint density at radius 1 is 0.312 bits per heavy atom. The number of hydrogen-bond donors (Lipinski definition) is 1. The van der Waals surface area contributed by atoms with E-state index in [0.717, 1.165) is 35.6 Å². The Balaban J connectivity index is 1.54. The predicted molar refractivity (Wildman–Crippen MR) is 298 cm³/mol. The summed E-state index contributed by atoms with van der Waals surface area (Å²) >= 11 is 0. The highest BCUT2D eigenvalue weighted by Gasteiger charge is 2.35. The fourth-order valence-corrected chi connectivity index (χ4v) is 13.5. The highest BCUT2D eigenvalue weighted by Crippen LogP contribution is 2.46. The highest BCUT2D eigenvalue weighted by molar-refractivity contribution is 8.76. The summed E-state index contributed by atoms with van der Waals surface area (Å²) in [6, 6.07) is 0.758. The normalized spacial score (nSPS) is 19.1. The van der Waals surface area contributed by atoms with Crippen molar-refractivity contribution in [1.82, 2.24) is 5.32 Å². The Hall–Kier alpha value is 0.660. The van der Waals surface area contributed by atoms with Crippen molar-refractivity contribution in [1.29, 1.82) is 0 Å². The molecule has 0 aromatic carbocycles. The van der Waals surface area contributed by atoms with E-state index in [2.05, 4.69) is 54.6 Å². The van der Waals surface area contributed by atoms with Crippen molar-refractivity contribution < 1.29 is 0 Å². The van der Waals surface area contributed by atoms with Crippen LogP contribution >= 0.6 is 21.6 Å². The van der Waals surface area contributed by atoms with Gasteiger partial charge in [0.25, 0.3) is 0 Å². The van der Waals surface area contributed by atoms with E-state index in [1.807, 2.05) is 0 Å². The molecule has 2 saturated carbocycles. The minimum atomic E-state index is 0.758. The third-order valence-electron chi connectivity index (χ3n) is 16.2. The van der Waals surface area contributed by atoms with Crippen molar-refractivity contribution in [2.75, 3.05) is 18.1 Å². The van der Waals surface area contributed by atoms with Crippen LogP contribution < -0.4 is 5.32 Å². The molecule has 0 aromatic rings. The third-order valence-corrected chi connectivity index (χ3v) is 18.7. The summed E-state index contributed by atoms with van der Waals surface area (Å²) in [5.74, 6) is 8.09. The van der Waals surface area contributed by atoms with Gasteiger partial charge in [-0.05, 0) is 68.1 Å². The van der Waals surface area contributed by atoms with Gasteiger partial charge in [-0.15, -0.1) is 0 Å². The molecule has 2 fully saturated rings. The van der Waals surface area contributed by atoms with Crippen LogP contribution in [0.2, 0.25) is 0 Å². The summed E-state index contributed by atoms with van der Waals surface area (Å²) in [5.41, 5.74) is 0. The first-order valence-electron chi connectivity index (χ1n) is 30.7. The molecule has 0 heterocycles. The SMILES string of the molecule is CCCCCCCCCC(CCCCCCCC1CC1CCCCCCCC)CCCSSCCNC(CCCCCCCCC)CCCCCCCC1CC1CCCCCCCC. The fraction of sp³-hybridized carbons (Fsp3) is 1.00. The predicted octanol–water partition coefficient (Wildman–Crippen LogP) is 22.2. The molecule has 0 aliphatic heterocycles. The maximum Gasteiger partial charge on any atom is 0.0162 e. The van der Waals surface area contributed by atoms with Gasteiger partial charge in [-0.25, -0.2) is 0 Å². The fourth-order valence-electron chi connectivity index (χ4n) is 11.5. The molecule has 1 nitrogen and oxygen atoms in total. The quantitative estimate of drug-likeness (QED) is 0.0482. The molecule has 3 heteroatoms. The van der Waals surface area contributed by atoms with Crippen LogP contribution in [0.4, 0.5) is 0 Å². The Bertz CT molecular complexity index is 837. The molecule has 0 saturated heterocycles. The molecule has 2 aliphatic carbocycles. The van der Waals surface area contributed by atoms with Gasteiger partial charge in [0.1, 0.15) is 0 Å². The summed E-state index contributed by atoms with van der Waals surface area (Å²) in [6.07, 6.45) is 70.8. The minimum Gasteiger partial charge on any atom is -0.313 e. The van der Waals surface area contributed by atoms with Crippen LogP contribution in [0.3, 0.4) is 0 Å². The maximum atomic E-state index is 4.08. The molecule has 2 aliphatic rings. The van der Waals surface area contributed by atoms with E-state index in [-0.39, 0.29) is 0 Å². The Kier molecular flexibility index (Phi) is 45.0. The molecular weight excluding hydrogens is 811 g/mol. The molecular formula is C61H121NS2. The van der Waals surface area contributed by atoms with Crippen LogP contribution in [-0.2, 0) is 0 Å². The first kappa shape index (κ1) is 60.8. The summed E-state index contributed by atoms with van der Waals surface area (Å²) in [5, 5.41) is 4.08. The molecule has 2 rings (SSSR count). The Labute approximate surface area is 414 Å². The van der Waals surface area contributed by atoms with Crippen molar-refractivity contribution >= 4 is 21.6 Å². The van der Waals surface area contributed by atoms with Gasteiger partial charge in [0.05, 0.1) is 0 Å². The van der Waals surface area contributed by atoms with Crippen molar-refractivity contribution in [2.24, 2.45) is 29.6 Å². The second-order valence-corrected chi connectivity index (χ2v) is 25.1. The molecule has 0 radical (unpaired) electrons. The minimum absolute atomic E-state index is 0.758. The van der Waals surface area contributed by atoms with Gasteiger partial charge in [0, 0.05) is 24.1 Å². The van der Waals surface area contributed by atoms with Crippen LogP contribution in [0.1, 0.15) is 336 Å². The van der Waals surface area contributed by atoms with Crippen LogP contribution in [0.15, 0.2) is 0 Å². The second-order valence-electron chi connectivity index (χ2n) is 22.4. The van der Waals surface area contributed by atoms with Gasteiger partial charge in [-0.2, -0.15) is 0 Å². The van der Waals surface area contributed by atoms with Gasteiger partial charge in [-0.3, -0.25) is 0 Å².